The number of hydrogen-bond donors (Lipinski definition) is 0. The van der Waals surface area contributed by atoms with Crippen LogP contribution in [0.2, 0.25) is 0 Å². The summed E-state index contributed by atoms with van der Waals surface area (Å²) < 4.78 is 13.2. The number of amides is 2. The normalized spacial score (nSPS) is 16.6. The summed E-state index contributed by atoms with van der Waals surface area (Å²) in [5, 5.41) is 0. The topological polar surface area (TPSA) is 40.6 Å². The van der Waals surface area contributed by atoms with Crippen LogP contribution in [0.3, 0.4) is 0 Å². The molecule has 0 bridgehead atoms. The van der Waals surface area contributed by atoms with Crippen LogP contribution in [0.4, 0.5) is 4.39 Å². The Balaban J connectivity index is 2.10. The van der Waals surface area contributed by atoms with Gasteiger partial charge >= 0.3 is 0 Å². The van der Waals surface area contributed by atoms with Crippen molar-refractivity contribution < 1.29 is 14.0 Å². The van der Waals surface area contributed by atoms with Crippen LogP contribution >= 0.6 is 0 Å². The lowest BCUT2D eigenvalue weighted by Crippen LogP contribution is -2.46. The summed E-state index contributed by atoms with van der Waals surface area (Å²) in [6.45, 7) is 11.9. The standard InChI is InChI=1S/C20H29FN2O2/c1-19(2,3)17(24)22-11-6-12-23(14-13-22)18(25)20(4,5)15-7-9-16(21)10-8-15/h7-10H,6,11-14H2,1-5H3. The highest BCUT2D eigenvalue weighted by atomic mass is 19.1. The van der Waals surface area contributed by atoms with Gasteiger partial charge in [-0.15, -0.1) is 0 Å². The first-order valence-electron chi connectivity index (χ1n) is 8.88. The molecule has 25 heavy (non-hydrogen) atoms. The fourth-order valence-electron chi connectivity index (χ4n) is 3.18. The Morgan fingerprint density at radius 1 is 0.840 bits per heavy atom. The number of nitrogens with zero attached hydrogens (tertiary/aromatic N) is 2. The van der Waals surface area contributed by atoms with E-state index in [0.29, 0.717) is 26.2 Å². The van der Waals surface area contributed by atoms with Gasteiger partial charge in [0.15, 0.2) is 0 Å². The van der Waals surface area contributed by atoms with Crippen LogP contribution < -0.4 is 0 Å². The molecule has 0 radical (unpaired) electrons. The van der Waals surface area contributed by atoms with Crippen molar-refractivity contribution in [2.24, 2.45) is 5.41 Å². The van der Waals surface area contributed by atoms with Crippen molar-refractivity contribution in [2.75, 3.05) is 26.2 Å². The molecule has 1 saturated heterocycles. The van der Waals surface area contributed by atoms with Gasteiger partial charge in [-0.2, -0.15) is 0 Å². The van der Waals surface area contributed by atoms with Crippen LogP contribution in [-0.4, -0.2) is 47.8 Å². The minimum atomic E-state index is -0.725. The number of rotatable bonds is 2. The highest BCUT2D eigenvalue weighted by molar-refractivity contribution is 5.87. The molecule has 0 aromatic heterocycles. The molecule has 1 aromatic rings. The van der Waals surface area contributed by atoms with E-state index in [2.05, 4.69) is 0 Å². The Kier molecular flexibility index (Phi) is 5.55. The van der Waals surface area contributed by atoms with E-state index < -0.39 is 10.8 Å². The first-order valence-corrected chi connectivity index (χ1v) is 8.88. The van der Waals surface area contributed by atoms with Gasteiger partial charge in [-0.3, -0.25) is 9.59 Å². The molecule has 138 valence electrons. The van der Waals surface area contributed by atoms with Gasteiger partial charge in [0.25, 0.3) is 0 Å². The first kappa shape index (κ1) is 19.4. The summed E-state index contributed by atoms with van der Waals surface area (Å²) in [5.74, 6) is -0.165. The highest BCUT2D eigenvalue weighted by Crippen LogP contribution is 2.27. The number of carbonyl (C=O) groups excluding carboxylic acids is 2. The molecule has 1 heterocycles. The molecular weight excluding hydrogens is 319 g/mol. The lowest BCUT2D eigenvalue weighted by atomic mass is 9.83. The monoisotopic (exact) mass is 348 g/mol. The van der Waals surface area contributed by atoms with E-state index in [0.717, 1.165) is 12.0 Å². The fraction of sp³-hybridized carbons (Fsp3) is 0.600. The zero-order valence-electron chi connectivity index (χ0n) is 15.9. The van der Waals surface area contributed by atoms with E-state index in [1.807, 2.05) is 44.4 Å². The first-order chi connectivity index (χ1) is 11.5. The van der Waals surface area contributed by atoms with Crippen molar-refractivity contribution in [3.63, 3.8) is 0 Å². The third-order valence-electron chi connectivity index (χ3n) is 4.81. The van der Waals surface area contributed by atoms with Gasteiger partial charge < -0.3 is 9.80 Å². The molecule has 2 amide bonds. The van der Waals surface area contributed by atoms with Gasteiger partial charge in [0.2, 0.25) is 11.8 Å². The van der Waals surface area contributed by atoms with Crippen LogP contribution in [-0.2, 0) is 15.0 Å². The van der Waals surface area contributed by atoms with Crippen LogP contribution in [0.5, 0.6) is 0 Å². The molecule has 0 saturated carbocycles. The third-order valence-corrected chi connectivity index (χ3v) is 4.81. The second kappa shape index (κ2) is 7.14. The SMILES string of the molecule is CC(C)(C)C(=O)N1CCCN(C(=O)C(C)(C)c2ccc(F)cc2)CC1. The van der Waals surface area contributed by atoms with E-state index in [4.69, 9.17) is 0 Å². The molecular formula is C20H29FN2O2. The van der Waals surface area contributed by atoms with Crippen LogP contribution in [0, 0.1) is 11.2 Å². The third kappa shape index (κ3) is 4.39. The van der Waals surface area contributed by atoms with Crippen molar-refractivity contribution in [3.8, 4) is 0 Å². The van der Waals surface area contributed by atoms with Gasteiger partial charge in [0, 0.05) is 31.6 Å². The molecule has 5 heteroatoms. The van der Waals surface area contributed by atoms with Crippen molar-refractivity contribution in [1.82, 2.24) is 9.80 Å². The smallest absolute Gasteiger partial charge is 0.232 e. The summed E-state index contributed by atoms with van der Waals surface area (Å²) in [5.41, 5.74) is -0.338. The Labute approximate surface area is 150 Å². The van der Waals surface area contributed by atoms with E-state index in [9.17, 15) is 14.0 Å². The van der Waals surface area contributed by atoms with E-state index in [-0.39, 0.29) is 17.6 Å². The van der Waals surface area contributed by atoms with Gasteiger partial charge in [0.1, 0.15) is 5.82 Å². The van der Waals surface area contributed by atoms with E-state index in [1.165, 1.54) is 12.1 Å². The minimum absolute atomic E-state index is 0.0177. The van der Waals surface area contributed by atoms with Crippen molar-refractivity contribution in [1.29, 1.82) is 0 Å². The van der Waals surface area contributed by atoms with Crippen LogP contribution in [0.1, 0.15) is 46.6 Å². The van der Waals surface area contributed by atoms with Crippen molar-refractivity contribution >= 4 is 11.8 Å². The molecule has 2 rings (SSSR count). The Morgan fingerprint density at radius 2 is 1.32 bits per heavy atom. The molecule has 0 unspecified atom stereocenters. The van der Waals surface area contributed by atoms with E-state index >= 15 is 0 Å². The molecule has 0 N–H and O–H groups in total. The van der Waals surface area contributed by atoms with Gasteiger partial charge in [-0.25, -0.2) is 4.39 Å². The highest BCUT2D eigenvalue weighted by Gasteiger charge is 2.35. The molecule has 1 aromatic carbocycles. The summed E-state index contributed by atoms with van der Waals surface area (Å²) in [7, 11) is 0. The Hall–Kier alpha value is -1.91. The molecule has 1 fully saturated rings. The maximum absolute atomic E-state index is 13.2. The van der Waals surface area contributed by atoms with Gasteiger partial charge in [0.05, 0.1) is 5.41 Å². The predicted molar refractivity (Wildman–Crippen MR) is 96.7 cm³/mol. The number of benzene rings is 1. The zero-order chi connectivity index (χ0) is 18.8. The Morgan fingerprint density at radius 3 is 1.80 bits per heavy atom. The summed E-state index contributed by atoms with van der Waals surface area (Å²) in [6, 6.07) is 6.11. The van der Waals surface area contributed by atoms with Gasteiger partial charge in [-0.1, -0.05) is 32.9 Å². The molecule has 1 aliphatic heterocycles. The number of halogens is 1. The quantitative estimate of drug-likeness (QED) is 0.823. The second-order valence-electron chi connectivity index (χ2n) is 8.32. The lowest BCUT2D eigenvalue weighted by Gasteiger charge is -2.32. The van der Waals surface area contributed by atoms with Crippen LogP contribution in [0.25, 0.3) is 0 Å². The van der Waals surface area contributed by atoms with Crippen molar-refractivity contribution in [2.45, 2.75) is 46.5 Å². The maximum Gasteiger partial charge on any atom is 0.232 e. The molecule has 0 atom stereocenters. The Bertz CT molecular complexity index is 632. The average molecular weight is 348 g/mol. The molecule has 0 spiro atoms. The van der Waals surface area contributed by atoms with E-state index in [1.54, 1.807) is 12.1 Å². The number of carbonyl (C=O) groups is 2. The molecule has 4 nitrogen and oxygen atoms in total. The van der Waals surface area contributed by atoms with Gasteiger partial charge in [-0.05, 0) is 38.0 Å². The van der Waals surface area contributed by atoms with Crippen LogP contribution in [0.15, 0.2) is 24.3 Å². The summed E-state index contributed by atoms with van der Waals surface area (Å²) in [6.07, 6.45) is 0.771. The van der Waals surface area contributed by atoms with Crippen molar-refractivity contribution in [3.05, 3.63) is 35.6 Å². The minimum Gasteiger partial charge on any atom is -0.340 e. The maximum atomic E-state index is 13.2. The number of hydrogen-bond acceptors (Lipinski definition) is 2. The second-order valence-corrected chi connectivity index (χ2v) is 8.32. The zero-order valence-corrected chi connectivity index (χ0v) is 15.9. The largest absolute Gasteiger partial charge is 0.340 e. The lowest BCUT2D eigenvalue weighted by molar-refractivity contribution is -0.140. The molecule has 1 aliphatic rings. The average Bonchev–Trinajstić information content (AvgIpc) is 2.78. The summed E-state index contributed by atoms with van der Waals surface area (Å²) in [4.78, 5) is 29.2. The fourth-order valence-corrected chi connectivity index (χ4v) is 3.18. The molecule has 0 aliphatic carbocycles. The summed E-state index contributed by atoms with van der Waals surface area (Å²) >= 11 is 0. The predicted octanol–water partition coefficient (Wildman–Crippen LogP) is 3.21.